The van der Waals surface area contributed by atoms with Gasteiger partial charge in [-0.3, -0.25) is 9.59 Å². The maximum Gasteiger partial charge on any atom is 0.253 e. The van der Waals surface area contributed by atoms with Crippen molar-refractivity contribution in [2.75, 3.05) is 13.1 Å². The summed E-state index contributed by atoms with van der Waals surface area (Å²) in [7, 11) is 0. The molecule has 1 aliphatic heterocycles. The zero-order chi connectivity index (χ0) is 16.8. The minimum absolute atomic E-state index is 0.0992. The molecule has 5 heteroatoms. The van der Waals surface area contributed by atoms with E-state index in [0.29, 0.717) is 12.1 Å². The van der Waals surface area contributed by atoms with E-state index in [1.165, 1.54) is 6.42 Å². The van der Waals surface area contributed by atoms with Crippen LogP contribution in [0.3, 0.4) is 0 Å². The summed E-state index contributed by atoms with van der Waals surface area (Å²) >= 11 is 0. The lowest BCUT2D eigenvalue weighted by atomic mass is 10.0. The Hall–Kier alpha value is -1.88. The van der Waals surface area contributed by atoms with E-state index in [-0.39, 0.29) is 17.7 Å². The van der Waals surface area contributed by atoms with Crippen LogP contribution in [0.15, 0.2) is 24.3 Å². The van der Waals surface area contributed by atoms with Crippen molar-refractivity contribution in [3.63, 3.8) is 0 Å². The first-order valence-corrected chi connectivity index (χ1v) is 8.40. The van der Waals surface area contributed by atoms with E-state index < -0.39 is 6.04 Å². The Kier molecular flexibility index (Phi) is 6.16. The molecule has 0 saturated carbocycles. The van der Waals surface area contributed by atoms with Gasteiger partial charge in [0.2, 0.25) is 5.91 Å². The molecule has 1 fully saturated rings. The molecule has 0 aliphatic carbocycles. The Balaban J connectivity index is 1.89. The second-order valence-electron chi connectivity index (χ2n) is 6.54. The van der Waals surface area contributed by atoms with Gasteiger partial charge in [0, 0.05) is 25.2 Å². The molecule has 0 spiro atoms. The fourth-order valence-electron chi connectivity index (χ4n) is 2.65. The number of nitrogens with one attached hydrogen (secondary N) is 1. The van der Waals surface area contributed by atoms with E-state index in [1.54, 1.807) is 0 Å². The summed E-state index contributed by atoms with van der Waals surface area (Å²) in [5, 5.41) is 2.83. The third kappa shape index (κ3) is 4.79. The largest absolute Gasteiger partial charge is 0.351 e. The van der Waals surface area contributed by atoms with Gasteiger partial charge in [0.25, 0.3) is 5.91 Å². The van der Waals surface area contributed by atoms with Crippen LogP contribution < -0.4 is 11.1 Å². The van der Waals surface area contributed by atoms with Gasteiger partial charge in [-0.1, -0.05) is 26.0 Å². The molecule has 1 aromatic carbocycles. The Morgan fingerprint density at radius 2 is 1.74 bits per heavy atom. The van der Waals surface area contributed by atoms with Gasteiger partial charge in [-0.2, -0.15) is 0 Å². The number of piperidine rings is 1. The Labute approximate surface area is 138 Å². The van der Waals surface area contributed by atoms with Crippen LogP contribution in [0.4, 0.5) is 0 Å². The van der Waals surface area contributed by atoms with Crippen LogP contribution in [-0.2, 0) is 11.3 Å². The van der Waals surface area contributed by atoms with Crippen molar-refractivity contribution in [1.29, 1.82) is 0 Å². The number of amides is 2. The van der Waals surface area contributed by atoms with Crippen LogP contribution in [0, 0.1) is 5.92 Å². The molecule has 1 heterocycles. The molecule has 0 aromatic heterocycles. The summed E-state index contributed by atoms with van der Waals surface area (Å²) in [6.45, 7) is 5.97. The summed E-state index contributed by atoms with van der Waals surface area (Å²) in [6, 6.07) is 6.95. The monoisotopic (exact) mass is 317 g/mol. The van der Waals surface area contributed by atoms with Crippen molar-refractivity contribution in [3.8, 4) is 0 Å². The lowest BCUT2D eigenvalue weighted by Gasteiger charge is -2.26. The summed E-state index contributed by atoms with van der Waals surface area (Å²) in [6.07, 6.45) is 3.39. The molecular weight excluding hydrogens is 290 g/mol. The van der Waals surface area contributed by atoms with Crippen LogP contribution in [0.5, 0.6) is 0 Å². The molecule has 3 N–H and O–H groups in total. The van der Waals surface area contributed by atoms with Gasteiger partial charge >= 0.3 is 0 Å². The second kappa shape index (κ2) is 8.11. The first kappa shape index (κ1) is 17.5. The summed E-state index contributed by atoms with van der Waals surface area (Å²) < 4.78 is 0. The molecular formula is C18H27N3O2. The smallest absolute Gasteiger partial charge is 0.253 e. The first-order chi connectivity index (χ1) is 11.0. The maximum atomic E-state index is 12.4. The number of hydrogen-bond acceptors (Lipinski definition) is 3. The topological polar surface area (TPSA) is 75.4 Å². The third-order valence-electron chi connectivity index (χ3n) is 4.33. The lowest BCUT2D eigenvalue weighted by Crippen LogP contribution is -2.43. The number of carbonyl (C=O) groups excluding carboxylic acids is 2. The highest BCUT2D eigenvalue weighted by molar-refractivity contribution is 5.94. The number of nitrogens with zero attached hydrogens (tertiary/aromatic N) is 1. The average Bonchev–Trinajstić information content (AvgIpc) is 2.59. The van der Waals surface area contributed by atoms with E-state index in [1.807, 2.05) is 43.0 Å². The molecule has 0 bridgehead atoms. The molecule has 1 saturated heterocycles. The average molecular weight is 317 g/mol. The minimum atomic E-state index is -0.491. The number of likely N-dealkylation sites (tertiary alicyclic amines) is 1. The lowest BCUT2D eigenvalue weighted by molar-refractivity contribution is -0.123. The molecule has 0 radical (unpaired) electrons. The number of rotatable bonds is 5. The molecule has 23 heavy (non-hydrogen) atoms. The zero-order valence-corrected chi connectivity index (χ0v) is 14.0. The zero-order valence-electron chi connectivity index (χ0n) is 14.0. The van der Waals surface area contributed by atoms with E-state index in [4.69, 9.17) is 5.73 Å². The second-order valence-corrected chi connectivity index (χ2v) is 6.54. The van der Waals surface area contributed by atoms with Gasteiger partial charge in [0.15, 0.2) is 0 Å². The van der Waals surface area contributed by atoms with Gasteiger partial charge in [0.05, 0.1) is 6.04 Å². The van der Waals surface area contributed by atoms with Crippen molar-refractivity contribution < 1.29 is 9.59 Å². The highest BCUT2D eigenvalue weighted by Crippen LogP contribution is 2.14. The van der Waals surface area contributed by atoms with Gasteiger partial charge in [-0.15, -0.1) is 0 Å². The van der Waals surface area contributed by atoms with E-state index in [9.17, 15) is 9.59 Å². The molecule has 1 aliphatic rings. The van der Waals surface area contributed by atoms with E-state index in [2.05, 4.69) is 5.32 Å². The van der Waals surface area contributed by atoms with Crippen LogP contribution in [-0.4, -0.2) is 35.8 Å². The Bertz CT molecular complexity index is 534. The Morgan fingerprint density at radius 3 is 2.30 bits per heavy atom. The summed E-state index contributed by atoms with van der Waals surface area (Å²) in [5.41, 5.74) is 7.48. The maximum absolute atomic E-state index is 12.4. The van der Waals surface area contributed by atoms with Crippen molar-refractivity contribution in [1.82, 2.24) is 10.2 Å². The SMILES string of the molecule is CC(C)[C@H](N)C(=O)NCc1ccc(C(=O)N2CCCCC2)cc1. The Morgan fingerprint density at radius 1 is 1.13 bits per heavy atom. The van der Waals surface area contributed by atoms with Crippen LogP contribution in [0.2, 0.25) is 0 Å². The first-order valence-electron chi connectivity index (χ1n) is 8.40. The highest BCUT2D eigenvalue weighted by Gasteiger charge is 2.18. The number of hydrogen-bond donors (Lipinski definition) is 2. The van der Waals surface area contributed by atoms with Gasteiger partial charge < -0.3 is 16.0 Å². The highest BCUT2D eigenvalue weighted by atomic mass is 16.2. The summed E-state index contributed by atoms with van der Waals surface area (Å²) in [4.78, 5) is 26.1. The minimum Gasteiger partial charge on any atom is -0.351 e. The molecule has 2 amide bonds. The predicted octanol–water partition coefficient (Wildman–Crippen LogP) is 1.91. The van der Waals surface area contributed by atoms with E-state index in [0.717, 1.165) is 31.5 Å². The van der Waals surface area contributed by atoms with Gasteiger partial charge in [0.1, 0.15) is 0 Å². The molecule has 0 unspecified atom stereocenters. The molecule has 126 valence electrons. The fraction of sp³-hybridized carbons (Fsp3) is 0.556. The number of benzene rings is 1. The van der Waals surface area contributed by atoms with Crippen LogP contribution in [0.1, 0.15) is 49.0 Å². The molecule has 1 aromatic rings. The number of nitrogens with two attached hydrogens (primary N) is 1. The van der Waals surface area contributed by atoms with Crippen molar-refractivity contribution in [2.24, 2.45) is 11.7 Å². The number of carbonyl (C=O) groups is 2. The molecule has 1 atom stereocenters. The fourth-order valence-corrected chi connectivity index (χ4v) is 2.65. The van der Waals surface area contributed by atoms with E-state index >= 15 is 0 Å². The molecule has 2 rings (SSSR count). The van der Waals surface area contributed by atoms with Gasteiger partial charge in [-0.25, -0.2) is 0 Å². The third-order valence-corrected chi connectivity index (χ3v) is 4.33. The summed E-state index contributed by atoms with van der Waals surface area (Å²) in [5.74, 6) is 0.0649. The normalized spacial score (nSPS) is 16.3. The van der Waals surface area contributed by atoms with Crippen molar-refractivity contribution >= 4 is 11.8 Å². The van der Waals surface area contributed by atoms with Crippen LogP contribution in [0.25, 0.3) is 0 Å². The quantitative estimate of drug-likeness (QED) is 0.871. The van der Waals surface area contributed by atoms with Crippen molar-refractivity contribution in [2.45, 2.75) is 45.7 Å². The van der Waals surface area contributed by atoms with Gasteiger partial charge in [-0.05, 0) is 42.9 Å². The van der Waals surface area contributed by atoms with Crippen molar-refractivity contribution in [3.05, 3.63) is 35.4 Å². The predicted molar refractivity (Wildman–Crippen MR) is 90.9 cm³/mol. The standard InChI is InChI=1S/C18H27N3O2/c1-13(2)16(19)17(22)20-12-14-6-8-15(9-7-14)18(23)21-10-4-3-5-11-21/h6-9,13,16H,3-5,10-12,19H2,1-2H3,(H,20,22)/t16-/m0/s1. The van der Waals surface area contributed by atoms with Crippen LogP contribution >= 0.6 is 0 Å². The molecule has 5 nitrogen and oxygen atoms in total.